The summed E-state index contributed by atoms with van der Waals surface area (Å²) in [5, 5.41) is 0. The topological polar surface area (TPSA) is 105 Å². The fourth-order valence-corrected chi connectivity index (χ4v) is 2.07. The van der Waals surface area contributed by atoms with Crippen molar-refractivity contribution in [2.24, 2.45) is 0 Å². The van der Waals surface area contributed by atoms with Crippen LogP contribution in [0.5, 0.6) is 5.75 Å². The minimum atomic E-state index is -0.568. The molecule has 6 nitrogen and oxygen atoms in total. The molecular formula is C16H16N2O4. The number of anilines is 2. The molecule has 114 valence electrons. The van der Waals surface area contributed by atoms with Crippen LogP contribution in [-0.4, -0.2) is 26.0 Å². The number of rotatable bonds is 4. The van der Waals surface area contributed by atoms with Crippen LogP contribution in [0.4, 0.5) is 11.4 Å². The highest BCUT2D eigenvalue weighted by atomic mass is 16.5. The molecular weight excluding hydrogens is 284 g/mol. The van der Waals surface area contributed by atoms with Gasteiger partial charge in [-0.2, -0.15) is 0 Å². The van der Waals surface area contributed by atoms with Gasteiger partial charge in [-0.3, -0.25) is 4.79 Å². The van der Waals surface area contributed by atoms with Crippen LogP contribution in [-0.2, 0) is 4.74 Å². The molecule has 0 bridgehead atoms. The molecule has 0 radical (unpaired) electrons. The third-order valence-electron chi connectivity index (χ3n) is 3.20. The molecule has 0 amide bonds. The summed E-state index contributed by atoms with van der Waals surface area (Å²) in [4.78, 5) is 24.0. The predicted molar refractivity (Wildman–Crippen MR) is 83.0 cm³/mol. The number of esters is 1. The molecule has 0 fully saturated rings. The van der Waals surface area contributed by atoms with Crippen molar-refractivity contribution < 1.29 is 19.1 Å². The molecule has 2 rings (SSSR count). The van der Waals surface area contributed by atoms with Gasteiger partial charge in [0.2, 0.25) is 0 Å². The summed E-state index contributed by atoms with van der Waals surface area (Å²) < 4.78 is 9.65. The standard InChI is InChI=1S/C16H16N2O4/c1-21-11-5-3-9(4-6-11)15(19)14-12(17)7-10(8-13(14)18)16(20)22-2/h3-8H,17-18H2,1-2H3. The lowest BCUT2D eigenvalue weighted by molar-refractivity contribution is 0.0600. The van der Waals surface area contributed by atoms with Gasteiger partial charge in [-0.15, -0.1) is 0 Å². The molecule has 0 aromatic heterocycles. The Labute approximate surface area is 127 Å². The van der Waals surface area contributed by atoms with Crippen molar-refractivity contribution in [1.29, 1.82) is 0 Å². The minimum Gasteiger partial charge on any atom is -0.497 e. The van der Waals surface area contributed by atoms with E-state index < -0.39 is 5.97 Å². The summed E-state index contributed by atoms with van der Waals surface area (Å²) in [6, 6.07) is 9.32. The third kappa shape index (κ3) is 2.85. The SMILES string of the molecule is COC(=O)c1cc(N)c(C(=O)c2ccc(OC)cc2)c(N)c1. The molecule has 0 aliphatic rings. The summed E-state index contributed by atoms with van der Waals surface area (Å²) in [5.41, 5.74) is 12.8. The van der Waals surface area contributed by atoms with Crippen LogP contribution >= 0.6 is 0 Å². The summed E-state index contributed by atoms with van der Waals surface area (Å²) in [5.74, 6) is -0.255. The molecule has 0 atom stereocenters. The lowest BCUT2D eigenvalue weighted by Gasteiger charge is -2.11. The molecule has 2 aromatic carbocycles. The second-order valence-corrected chi connectivity index (χ2v) is 4.58. The number of carbonyl (C=O) groups is 2. The summed E-state index contributed by atoms with van der Waals surface area (Å²) >= 11 is 0. The van der Waals surface area contributed by atoms with Gasteiger partial charge in [0.05, 0.1) is 25.3 Å². The van der Waals surface area contributed by atoms with Crippen molar-refractivity contribution in [2.45, 2.75) is 0 Å². The zero-order valence-electron chi connectivity index (χ0n) is 12.3. The third-order valence-corrected chi connectivity index (χ3v) is 3.20. The Morgan fingerprint density at radius 3 is 1.91 bits per heavy atom. The zero-order valence-corrected chi connectivity index (χ0v) is 12.3. The van der Waals surface area contributed by atoms with E-state index in [1.807, 2.05) is 0 Å². The number of nitrogen functional groups attached to an aromatic ring is 2. The van der Waals surface area contributed by atoms with E-state index in [0.29, 0.717) is 11.3 Å². The predicted octanol–water partition coefficient (Wildman–Crippen LogP) is 1.88. The molecule has 0 aliphatic heterocycles. The van der Waals surface area contributed by atoms with Crippen LogP contribution in [0, 0.1) is 0 Å². The average Bonchev–Trinajstić information content (AvgIpc) is 2.53. The van der Waals surface area contributed by atoms with Crippen molar-refractivity contribution in [2.75, 3.05) is 25.7 Å². The van der Waals surface area contributed by atoms with Gasteiger partial charge in [0, 0.05) is 16.9 Å². The van der Waals surface area contributed by atoms with Gasteiger partial charge < -0.3 is 20.9 Å². The summed E-state index contributed by atoms with van der Waals surface area (Å²) in [7, 11) is 2.80. The van der Waals surface area contributed by atoms with Gasteiger partial charge in [-0.1, -0.05) is 0 Å². The first-order valence-electron chi connectivity index (χ1n) is 6.44. The maximum Gasteiger partial charge on any atom is 0.337 e. The van der Waals surface area contributed by atoms with Gasteiger partial charge in [-0.05, 0) is 36.4 Å². The first kappa shape index (κ1) is 15.4. The van der Waals surface area contributed by atoms with Crippen LogP contribution in [0.25, 0.3) is 0 Å². The summed E-state index contributed by atoms with van der Waals surface area (Å²) in [6.45, 7) is 0. The van der Waals surface area contributed by atoms with Gasteiger partial charge in [0.15, 0.2) is 5.78 Å². The molecule has 0 unspecified atom stereocenters. The van der Waals surface area contributed by atoms with Gasteiger partial charge in [0.25, 0.3) is 0 Å². The Morgan fingerprint density at radius 2 is 1.45 bits per heavy atom. The molecule has 0 aliphatic carbocycles. The number of hydrogen-bond acceptors (Lipinski definition) is 6. The number of methoxy groups -OCH3 is 2. The van der Waals surface area contributed by atoms with E-state index in [4.69, 9.17) is 16.2 Å². The minimum absolute atomic E-state index is 0.126. The highest BCUT2D eigenvalue weighted by molar-refractivity contribution is 6.16. The van der Waals surface area contributed by atoms with Gasteiger partial charge in [-0.25, -0.2) is 4.79 Å². The zero-order chi connectivity index (χ0) is 16.3. The number of nitrogens with two attached hydrogens (primary N) is 2. The van der Waals surface area contributed by atoms with E-state index in [2.05, 4.69) is 4.74 Å². The van der Waals surface area contributed by atoms with Crippen LogP contribution in [0.3, 0.4) is 0 Å². The molecule has 4 N–H and O–H groups in total. The first-order valence-corrected chi connectivity index (χ1v) is 6.44. The van der Waals surface area contributed by atoms with Gasteiger partial charge in [0.1, 0.15) is 5.75 Å². The van der Waals surface area contributed by atoms with Crippen molar-refractivity contribution in [3.05, 3.63) is 53.1 Å². The fourth-order valence-electron chi connectivity index (χ4n) is 2.07. The van der Waals surface area contributed by atoms with E-state index in [1.54, 1.807) is 31.4 Å². The maximum atomic E-state index is 12.5. The highest BCUT2D eigenvalue weighted by Crippen LogP contribution is 2.26. The largest absolute Gasteiger partial charge is 0.497 e. The van der Waals surface area contributed by atoms with E-state index in [0.717, 1.165) is 0 Å². The first-order chi connectivity index (χ1) is 10.5. The molecule has 22 heavy (non-hydrogen) atoms. The van der Waals surface area contributed by atoms with E-state index >= 15 is 0 Å². The van der Waals surface area contributed by atoms with Crippen molar-refractivity contribution in [3.8, 4) is 5.75 Å². The second-order valence-electron chi connectivity index (χ2n) is 4.58. The van der Waals surface area contributed by atoms with E-state index in [9.17, 15) is 9.59 Å². The second kappa shape index (κ2) is 6.17. The van der Waals surface area contributed by atoms with Crippen LogP contribution in [0.2, 0.25) is 0 Å². The number of ether oxygens (including phenoxy) is 2. The summed E-state index contributed by atoms with van der Waals surface area (Å²) in [6.07, 6.45) is 0. The maximum absolute atomic E-state index is 12.5. The average molecular weight is 300 g/mol. The molecule has 0 saturated heterocycles. The molecule has 0 heterocycles. The Kier molecular flexibility index (Phi) is 4.31. The van der Waals surface area contributed by atoms with Gasteiger partial charge >= 0.3 is 5.97 Å². The normalized spacial score (nSPS) is 10.1. The molecule has 2 aromatic rings. The van der Waals surface area contributed by atoms with Crippen LogP contribution < -0.4 is 16.2 Å². The number of benzene rings is 2. The van der Waals surface area contributed by atoms with E-state index in [-0.39, 0.29) is 28.3 Å². The van der Waals surface area contributed by atoms with Crippen molar-refractivity contribution >= 4 is 23.1 Å². The number of hydrogen-bond donors (Lipinski definition) is 2. The molecule has 0 spiro atoms. The molecule has 6 heteroatoms. The van der Waals surface area contributed by atoms with Crippen molar-refractivity contribution in [1.82, 2.24) is 0 Å². The monoisotopic (exact) mass is 300 g/mol. The number of ketones is 1. The highest BCUT2D eigenvalue weighted by Gasteiger charge is 2.19. The lowest BCUT2D eigenvalue weighted by atomic mass is 9.98. The lowest BCUT2D eigenvalue weighted by Crippen LogP contribution is -2.12. The Hall–Kier alpha value is -3.02. The van der Waals surface area contributed by atoms with Crippen LogP contribution in [0.15, 0.2) is 36.4 Å². The number of carbonyl (C=O) groups excluding carboxylic acids is 2. The van der Waals surface area contributed by atoms with Crippen LogP contribution in [0.1, 0.15) is 26.3 Å². The Bertz CT molecular complexity index is 700. The van der Waals surface area contributed by atoms with E-state index in [1.165, 1.54) is 19.2 Å². The quantitative estimate of drug-likeness (QED) is 0.507. The fraction of sp³-hybridized carbons (Fsp3) is 0.125. The Morgan fingerprint density at radius 1 is 0.909 bits per heavy atom. The smallest absolute Gasteiger partial charge is 0.337 e. The molecule has 0 saturated carbocycles. The Balaban J connectivity index is 2.43. The van der Waals surface area contributed by atoms with Crippen molar-refractivity contribution in [3.63, 3.8) is 0 Å².